The first kappa shape index (κ1) is 26.3. The molecule has 4 unspecified atom stereocenters. The summed E-state index contributed by atoms with van der Waals surface area (Å²) < 4.78 is 32.8. The van der Waals surface area contributed by atoms with Crippen molar-refractivity contribution in [1.29, 1.82) is 0 Å². The van der Waals surface area contributed by atoms with Crippen LogP contribution in [0.3, 0.4) is 0 Å². The van der Waals surface area contributed by atoms with E-state index < -0.39 is 28.0 Å². The van der Waals surface area contributed by atoms with Crippen molar-refractivity contribution >= 4 is 27.7 Å². The lowest BCUT2D eigenvalue weighted by molar-refractivity contribution is -0.160. The second-order valence-electron chi connectivity index (χ2n) is 9.72. The van der Waals surface area contributed by atoms with Crippen LogP contribution in [0, 0.1) is 17.8 Å². The predicted molar refractivity (Wildman–Crippen MR) is 128 cm³/mol. The predicted octanol–water partition coefficient (Wildman–Crippen LogP) is 3.16. The molecule has 4 atom stereocenters. The lowest BCUT2D eigenvalue weighted by Gasteiger charge is -2.35. The molecule has 1 amide bonds. The Labute approximate surface area is 202 Å². The quantitative estimate of drug-likeness (QED) is 0.462. The number of amides is 1. The summed E-state index contributed by atoms with van der Waals surface area (Å²) in [6.07, 6.45) is 2.90. The molecule has 2 fully saturated rings. The fraction of sp³-hybridized carbons (Fsp3) is 0.640. The molecule has 1 heterocycles. The van der Waals surface area contributed by atoms with E-state index >= 15 is 0 Å². The lowest BCUT2D eigenvalue weighted by atomic mass is 9.78. The van der Waals surface area contributed by atoms with Gasteiger partial charge in [-0.1, -0.05) is 38.8 Å². The van der Waals surface area contributed by atoms with Gasteiger partial charge in [-0.2, -0.15) is 4.31 Å². The average molecular weight is 493 g/mol. The Hall–Kier alpha value is -2.26. The number of ether oxygens (including phenoxy) is 1. The molecule has 1 aliphatic heterocycles. The van der Waals surface area contributed by atoms with E-state index in [9.17, 15) is 22.8 Å². The highest BCUT2D eigenvalue weighted by molar-refractivity contribution is 7.89. The second-order valence-corrected chi connectivity index (χ2v) is 11.7. The largest absolute Gasteiger partial charge is 0.452 e. The molecule has 3 rings (SSSR count). The van der Waals surface area contributed by atoms with Crippen molar-refractivity contribution in [3.63, 3.8) is 0 Å². The highest BCUT2D eigenvalue weighted by Gasteiger charge is 2.35. The maximum Gasteiger partial charge on any atom is 0.309 e. The standard InChI is InChI=1S/C25H36N2O6S/c1-16-7-5-10-23(17(16)2)26-24(29)19(4)33-25(30)20-11-13-27(14-12-20)34(31,32)22-9-6-8-21(15-22)18(3)28/h6,8-9,15-17,19-20,23H,5,7,10-14H2,1-4H3,(H,26,29). The molecule has 1 saturated carbocycles. The van der Waals surface area contributed by atoms with E-state index in [-0.39, 0.29) is 35.7 Å². The fourth-order valence-corrected chi connectivity index (χ4v) is 6.28. The number of nitrogens with zero attached hydrogens (tertiary/aromatic N) is 1. The molecule has 1 aliphatic carbocycles. The highest BCUT2D eigenvalue weighted by Crippen LogP contribution is 2.30. The first-order valence-corrected chi connectivity index (χ1v) is 13.6. The van der Waals surface area contributed by atoms with Gasteiger partial charge in [-0.15, -0.1) is 0 Å². The molecule has 1 aromatic carbocycles. The number of hydrogen-bond acceptors (Lipinski definition) is 6. The molecule has 0 bridgehead atoms. The van der Waals surface area contributed by atoms with Crippen LogP contribution in [0.2, 0.25) is 0 Å². The third-order valence-corrected chi connectivity index (χ3v) is 9.26. The second kappa shape index (κ2) is 11.0. The molecule has 34 heavy (non-hydrogen) atoms. The zero-order chi connectivity index (χ0) is 25.0. The third-order valence-electron chi connectivity index (χ3n) is 7.36. The maximum absolute atomic E-state index is 13.0. The molecule has 0 aromatic heterocycles. The van der Waals surface area contributed by atoms with Gasteiger partial charge in [0.15, 0.2) is 11.9 Å². The van der Waals surface area contributed by atoms with Crippen molar-refractivity contribution in [1.82, 2.24) is 9.62 Å². The van der Waals surface area contributed by atoms with Gasteiger partial charge < -0.3 is 10.1 Å². The Balaban J connectivity index is 1.52. The van der Waals surface area contributed by atoms with Gasteiger partial charge in [0.05, 0.1) is 10.8 Å². The minimum atomic E-state index is -3.77. The highest BCUT2D eigenvalue weighted by atomic mass is 32.2. The van der Waals surface area contributed by atoms with Gasteiger partial charge in [0.2, 0.25) is 10.0 Å². The fourth-order valence-electron chi connectivity index (χ4n) is 4.77. The van der Waals surface area contributed by atoms with Crippen molar-refractivity contribution in [3.05, 3.63) is 29.8 Å². The minimum Gasteiger partial charge on any atom is -0.452 e. The number of nitrogens with one attached hydrogen (secondary N) is 1. The van der Waals surface area contributed by atoms with Crippen LogP contribution >= 0.6 is 0 Å². The number of piperidine rings is 1. The van der Waals surface area contributed by atoms with E-state index in [1.807, 2.05) is 0 Å². The molecule has 1 aromatic rings. The van der Waals surface area contributed by atoms with Gasteiger partial charge in [0.1, 0.15) is 0 Å². The van der Waals surface area contributed by atoms with Crippen molar-refractivity contribution in [3.8, 4) is 0 Å². The van der Waals surface area contributed by atoms with Gasteiger partial charge in [-0.05, 0) is 57.1 Å². The maximum atomic E-state index is 13.0. The smallest absolute Gasteiger partial charge is 0.309 e. The normalized spacial score (nSPS) is 25.4. The summed E-state index contributed by atoms with van der Waals surface area (Å²) in [4.78, 5) is 36.9. The molecule has 1 N–H and O–H groups in total. The molecule has 9 heteroatoms. The Bertz CT molecular complexity index is 1020. The molecule has 0 radical (unpaired) electrons. The monoisotopic (exact) mass is 492 g/mol. The van der Waals surface area contributed by atoms with Crippen LogP contribution < -0.4 is 5.32 Å². The van der Waals surface area contributed by atoms with Crippen molar-refractivity contribution < 1.29 is 27.5 Å². The van der Waals surface area contributed by atoms with Gasteiger partial charge in [0, 0.05) is 24.7 Å². The van der Waals surface area contributed by atoms with Crippen LogP contribution in [-0.2, 0) is 24.3 Å². The number of benzene rings is 1. The number of hydrogen-bond donors (Lipinski definition) is 1. The summed E-state index contributed by atoms with van der Waals surface area (Å²) >= 11 is 0. The first-order chi connectivity index (χ1) is 16.0. The minimum absolute atomic E-state index is 0.0674. The van der Waals surface area contributed by atoms with Crippen LogP contribution in [0.25, 0.3) is 0 Å². The number of carbonyl (C=O) groups is 3. The van der Waals surface area contributed by atoms with Crippen LogP contribution in [0.4, 0.5) is 0 Å². The first-order valence-electron chi connectivity index (χ1n) is 12.1. The molecule has 0 spiro atoms. The van der Waals surface area contributed by atoms with Crippen LogP contribution in [0.5, 0.6) is 0 Å². The van der Waals surface area contributed by atoms with Crippen molar-refractivity contribution in [2.45, 2.75) is 76.8 Å². The summed E-state index contributed by atoms with van der Waals surface area (Å²) in [5.41, 5.74) is 0.337. The number of ketones is 1. The summed E-state index contributed by atoms with van der Waals surface area (Å²) in [5, 5.41) is 3.04. The Morgan fingerprint density at radius 3 is 2.41 bits per heavy atom. The van der Waals surface area contributed by atoms with Gasteiger partial charge in [0.25, 0.3) is 5.91 Å². The summed E-state index contributed by atoms with van der Waals surface area (Å²) in [6.45, 7) is 7.64. The van der Waals surface area contributed by atoms with E-state index in [0.717, 1.165) is 19.3 Å². The van der Waals surface area contributed by atoms with Crippen LogP contribution in [0.1, 0.15) is 70.2 Å². The topological polar surface area (TPSA) is 110 Å². The number of sulfonamides is 1. The van der Waals surface area contributed by atoms with E-state index in [0.29, 0.717) is 30.2 Å². The number of Topliss-reactive ketones (excluding diaryl/α,β-unsaturated/α-hetero) is 1. The van der Waals surface area contributed by atoms with Crippen molar-refractivity contribution in [2.24, 2.45) is 17.8 Å². The average Bonchev–Trinajstić information content (AvgIpc) is 2.82. The van der Waals surface area contributed by atoms with E-state index in [2.05, 4.69) is 19.2 Å². The molecule has 188 valence electrons. The van der Waals surface area contributed by atoms with Gasteiger partial charge in [-0.25, -0.2) is 8.42 Å². The van der Waals surface area contributed by atoms with E-state index in [1.54, 1.807) is 19.1 Å². The number of carbonyl (C=O) groups excluding carboxylic acids is 3. The summed E-state index contributed by atoms with van der Waals surface area (Å²) in [5.74, 6) is -0.498. The van der Waals surface area contributed by atoms with Gasteiger partial charge in [-0.3, -0.25) is 14.4 Å². The lowest BCUT2D eigenvalue weighted by Crippen LogP contribution is -2.48. The Kier molecular flexibility index (Phi) is 8.52. The number of esters is 1. The van der Waals surface area contributed by atoms with Crippen molar-refractivity contribution in [2.75, 3.05) is 13.1 Å². The molecule has 1 saturated heterocycles. The van der Waals surface area contributed by atoms with Crippen LogP contribution in [-0.4, -0.2) is 55.6 Å². The van der Waals surface area contributed by atoms with E-state index in [4.69, 9.17) is 4.74 Å². The summed E-state index contributed by atoms with van der Waals surface area (Å²) in [7, 11) is -3.77. The molecule has 8 nitrogen and oxygen atoms in total. The molecular weight excluding hydrogens is 456 g/mol. The molecular formula is C25H36N2O6S. The third kappa shape index (κ3) is 6.05. The van der Waals surface area contributed by atoms with Gasteiger partial charge >= 0.3 is 5.97 Å². The SMILES string of the molecule is CC(=O)c1cccc(S(=O)(=O)N2CCC(C(=O)OC(C)C(=O)NC3CCCC(C)C3C)CC2)c1. The zero-order valence-corrected chi connectivity index (χ0v) is 21.3. The summed E-state index contributed by atoms with van der Waals surface area (Å²) in [6, 6.07) is 6.07. The Morgan fingerprint density at radius 2 is 1.76 bits per heavy atom. The van der Waals surface area contributed by atoms with E-state index in [1.165, 1.54) is 23.4 Å². The van der Waals surface area contributed by atoms with Crippen LogP contribution in [0.15, 0.2) is 29.2 Å². The number of rotatable bonds is 7. The Morgan fingerprint density at radius 1 is 1.09 bits per heavy atom. The molecule has 2 aliphatic rings. The zero-order valence-electron chi connectivity index (χ0n) is 20.5.